The van der Waals surface area contributed by atoms with Crippen LogP contribution in [-0.4, -0.2) is 18.4 Å². The second kappa shape index (κ2) is 5.10. The molecule has 1 aromatic rings. The van der Waals surface area contributed by atoms with Gasteiger partial charge in [-0.1, -0.05) is 24.8 Å². The highest BCUT2D eigenvalue weighted by molar-refractivity contribution is 5.90. The normalized spacial score (nSPS) is 11.5. The third-order valence-electron chi connectivity index (χ3n) is 1.85. The molecule has 0 N–H and O–H groups in total. The summed E-state index contributed by atoms with van der Waals surface area (Å²) in [5, 5.41) is 0. The molecule has 0 saturated heterocycles. The fourth-order valence-electron chi connectivity index (χ4n) is 1.00. The van der Waals surface area contributed by atoms with Crippen molar-refractivity contribution in [1.82, 2.24) is 0 Å². The molecule has 0 fully saturated rings. The number of ether oxygens (including phenoxy) is 1. The first-order valence-corrected chi connectivity index (χ1v) is 4.52. The highest BCUT2D eigenvalue weighted by Crippen LogP contribution is 2.07. The van der Waals surface area contributed by atoms with E-state index < -0.39 is 12.1 Å². The minimum Gasteiger partial charge on any atom is -0.446 e. The fourth-order valence-corrected chi connectivity index (χ4v) is 1.00. The zero-order valence-corrected chi connectivity index (χ0v) is 8.47. The van der Waals surface area contributed by atoms with Gasteiger partial charge in [-0.15, -0.1) is 0 Å². The molecule has 1 atom stereocenters. The first-order chi connectivity index (χ1) is 7.15. The summed E-state index contributed by atoms with van der Waals surface area (Å²) in [7, 11) is 0. The zero-order valence-electron chi connectivity index (χ0n) is 8.47. The Morgan fingerprint density at radius 1 is 1.40 bits per heavy atom. The van der Waals surface area contributed by atoms with Crippen molar-refractivity contribution in [2.45, 2.75) is 13.0 Å². The van der Waals surface area contributed by atoms with E-state index in [4.69, 9.17) is 4.74 Å². The van der Waals surface area contributed by atoms with Crippen LogP contribution in [0.2, 0.25) is 0 Å². The summed E-state index contributed by atoms with van der Waals surface area (Å²) in [6, 6.07) is 8.51. The Kier molecular flexibility index (Phi) is 3.80. The van der Waals surface area contributed by atoms with Crippen LogP contribution < -0.4 is 0 Å². The van der Waals surface area contributed by atoms with Gasteiger partial charge >= 0.3 is 5.97 Å². The number of hydrogen-bond donors (Lipinski definition) is 0. The van der Waals surface area contributed by atoms with E-state index in [0.717, 1.165) is 0 Å². The first kappa shape index (κ1) is 11.2. The number of hydrogen-bond acceptors (Lipinski definition) is 3. The molecular formula is C12H12O3. The number of esters is 1. The summed E-state index contributed by atoms with van der Waals surface area (Å²) in [6.45, 7) is 5.20. The van der Waals surface area contributed by atoms with Crippen LogP contribution in [0.15, 0.2) is 42.5 Å². The second-order valence-electron chi connectivity index (χ2n) is 3.17. The van der Waals surface area contributed by atoms with Crippen LogP contribution in [-0.2, 0) is 9.53 Å². The predicted molar refractivity (Wildman–Crippen MR) is 56.5 cm³/mol. The van der Waals surface area contributed by atoms with Gasteiger partial charge < -0.3 is 4.74 Å². The van der Waals surface area contributed by atoms with Crippen LogP contribution in [0.3, 0.4) is 0 Å². The van der Waals surface area contributed by atoms with Gasteiger partial charge in [-0.05, 0) is 24.6 Å². The van der Waals surface area contributed by atoms with Gasteiger partial charge in [0.05, 0.1) is 5.56 Å². The largest absolute Gasteiger partial charge is 0.446 e. The van der Waals surface area contributed by atoms with Gasteiger partial charge in [0.15, 0.2) is 12.4 Å². The molecule has 0 bridgehead atoms. The monoisotopic (exact) mass is 204 g/mol. The molecule has 1 aromatic carbocycles. The van der Waals surface area contributed by atoms with E-state index in [1.165, 1.54) is 0 Å². The average Bonchev–Trinajstić information content (AvgIpc) is 2.26. The Morgan fingerprint density at radius 3 is 2.47 bits per heavy atom. The van der Waals surface area contributed by atoms with Gasteiger partial charge in [-0.2, -0.15) is 0 Å². The van der Waals surface area contributed by atoms with Crippen molar-refractivity contribution in [1.29, 1.82) is 0 Å². The molecule has 0 aromatic heterocycles. The van der Waals surface area contributed by atoms with Gasteiger partial charge in [-0.3, -0.25) is 4.79 Å². The molecule has 0 amide bonds. The molecule has 15 heavy (non-hydrogen) atoms. The predicted octanol–water partition coefficient (Wildman–Crippen LogP) is 1.99. The molecule has 0 heterocycles. The Bertz CT molecular complexity index is 368. The smallest absolute Gasteiger partial charge is 0.339 e. The molecule has 0 aliphatic carbocycles. The van der Waals surface area contributed by atoms with Crippen molar-refractivity contribution in [3.8, 4) is 0 Å². The Balaban J connectivity index is 2.71. The van der Waals surface area contributed by atoms with Crippen molar-refractivity contribution >= 4 is 12.3 Å². The van der Waals surface area contributed by atoms with Crippen LogP contribution >= 0.6 is 0 Å². The minimum absolute atomic E-state index is 0.422. The van der Waals surface area contributed by atoms with Gasteiger partial charge in [0, 0.05) is 0 Å². The molecule has 78 valence electrons. The van der Waals surface area contributed by atoms with Crippen molar-refractivity contribution in [2.75, 3.05) is 0 Å². The first-order valence-electron chi connectivity index (χ1n) is 4.52. The van der Waals surface area contributed by atoms with Gasteiger partial charge in [-0.25, -0.2) is 4.79 Å². The minimum atomic E-state index is -0.863. The molecule has 0 unspecified atom stereocenters. The van der Waals surface area contributed by atoms with Crippen LogP contribution in [0, 0.1) is 0 Å². The van der Waals surface area contributed by atoms with Gasteiger partial charge in [0.1, 0.15) is 0 Å². The lowest BCUT2D eigenvalue weighted by molar-refractivity contribution is -0.113. The number of carbonyl (C=O) groups excluding carboxylic acids is 2. The summed E-state index contributed by atoms with van der Waals surface area (Å²) >= 11 is 0. The van der Waals surface area contributed by atoms with Crippen LogP contribution in [0.1, 0.15) is 17.3 Å². The summed E-state index contributed by atoms with van der Waals surface area (Å²) in [4.78, 5) is 22.1. The van der Waals surface area contributed by atoms with E-state index in [0.29, 0.717) is 17.4 Å². The van der Waals surface area contributed by atoms with E-state index in [1.807, 2.05) is 0 Å². The molecule has 0 aliphatic heterocycles. The average molecular weight is 204 g/mol. The number of rotatable bonds is 4. The summed E-state index contributed by atoms with van der Waals surface area (Å²) in [5.74, 6) is -0.518. The Labute approximate surface area is 88.4 Å². The van der Waals surface area contributed by atoms with Crippen molar-refractivity contribution < 1.29 is 14.3 Å². The standard InChI is InChI=1S/C12H12O3/c1-9(2)11(8-13)15-12(14)10-6-4-3-5-7-10/h3-8,11H,1H2,2H3/t11-/m0/s1. The maximum absolute atomic E-state index is 11.5. The van der Waals surface area contributed by atoms with Crippen molar-refractivity contribution in [2.24, 2.45) is 0 Å². The third kappa shape index (κ3) is 3.06. The lowest BCUT2D eigenvalue weighted by Crippen LogP contribution is -2.20. The van der Waals surface area contributed by atoms with E-state index in [-0.39, 0.29) is 0 Å². The number of carbonyl (C=O) groups is 2. The lowest BCUT2D eigenvalue weighted by atomic mass is 10.2. The fraction of sp³-hybridized carbons (Fsp3) is 0.167. The van der Waals surface area contributed by atoms with Crippen LogP contribution in [0.4, 0.5) is 0 Å². The van der Waals surface area contributed by atoms with E-state index in [9.17, 15) is 9.59 Å². The second-order valence-corrected chi connectivity index (χ2v) is 3.17. The number of benzene rings is 1. The molecule has 0 saturated carbocycles. The summed E-state index contributed by atoms with van der Waals surface area (Å²) < 4.78 is 4.94. The van der Waals surface area contributed by atoms with Crippen molar-refractivity contribution in [3.05, 3.63) is 48.0 Å². The Morgan fingerprint density at radius 2 is 2.00 bits per heavy atom. The highest BCUT2D eigenvalue weighted by atomic mass is 16.5. The summed E-state index contributed by atoms with van der Waals surface area (Å²) in [5.41, 5.74) is 0.930. The SMILES string of the molecule is C=C(C)[C@H](C=O)OC(=O)c1ccccc1. The van der Waals surface area contributed by atoms with Crippen LogP contribution in [0.25, 0.3) is 0 Å². The summed E-state index contributed by atoms with van der Waals surface area (Å²) in [6.07, 6.45) is -0.305. The molecule has 0 aliphatic rings. The van der Waals surface area contributed by atoms with Gasteiger partial charge in [0.25, 0.3) is 0 Å². The lowest BCUT2D eigenvalue weighted by Gasteiger charge is -2.11. The van der Waals surface area contributed by atoms with E-state index in [2.05, 4.69) is 6.58 Å². The maximum atomic E-state index is 11.5. The van der Waals surface area contributed by atoms with E-state index >= 15 is 0 Å². The third-order valence-corrected chi connectivity index (χ3v) is 1.85. The van der Waals surface area contributed by atoms with Gasteiger partial charge in [0.2, 0.25) is 0 Å². The molecule has 3 heteroatoms. The molecule has 3 nitrogen and oxygen atoms in total. The van der Waals surface area contributed by atoms with Crippen LogP contribution in [0.5, 0.6) is 0 Å². The highest BCUT2D eigenvalue weighted by Gasteiger charge is 2.15. The zero-order chi connectivity index (χ0) is 11.3. The molecule has 0 spiro atoms. The van der Waals surface area contributed by atoms with E-state index in [1.54, 1.807) is 37.3 Å². The van der Waals surface area contributed by atoms with Crippen molar-refractivity contribution in [3.63, 3.8) is 0 Å². The number of aldehydes is 1. The molecule has 1 rings (SSSR count). The maximum Gasteiger partial charge on any atom is 0.339 e. The topological polar surface area (TPSA) is 43.4 Å². The molecular weight excluding hydrogens is 192 g/mol. The molecule has 0 radical (unpaired) electrons. The quantitative estimate of drug-likeness (QED) is 0.428. The Hall–Kier alpha value is -1.90.